The van der Waals surface area contributed by atoms with E-state index in [1.165, 1.54) is 0 Å². The van der Waals surface area contributed by atoms with Gasteiger partial charge in [-0.25, -0.2) is 0 Å². The Kier molecular flexibility index (Phi) is 5.64. The van der Waals surface area contributed by atoms with Crippen LogP contribution in [0.3, 0.4) is 0 Å². The maximum atomic E-state index is 12.7. The van der Waals surface area contributed by atoms with Crippen molar-refractivity contribution >= 4 is 17.6 Å². The second-order valence-corrected chi connectivity index (χ2v) is 7.20. The van der Waals surface area contributed by atoms with Gasteiger partial charge in [-0.3, -0.25) is 9.59 Å². The molecule has 0 N–H and O–H groups in total. The number of rotatable bonds is 5. The van der Waals surface area contributed by atoms with Gasteiger partial charge in [-0.1, -0.05) is 38.1 Å². The summed E-state index contributed by atoms with van der Waals surface area (Å²) in [5, 5.41) is 0. The Morgan fingerprint density at radius 2 is 1.74 bits per heavy atom. The quantitative estimate of drug-likeness (QED) is 0.583. The van der Waals surface area contributed by atoms with Crippen LogP contribution in [-0.2, 0) is 22.4 Å². The first kappa shape index (κ1) is 19.2. The van der Waals surface area contributed by atoms with Crippen molar-refractivity contribution in [3.8, 4) is 5.75 Å². The zero-order valence-electron chi connectivity index (χ0n) is 16.5. The van der Waals surface area contributed by atoms with Gasteiger partial charge in [0.05, 0.1) is 5.92 Å². The number of benzene rings is 2. The smallest absolute Gasteiger partial charge is 0.316 e. The van der Waals surface area contributed by atoms with Crippen molar-refractivity contribution in [2.24, 2.45) is 5.92 Å². The fraction of sp³-hybridized carbons (Fsp3) is 0.391. The van der Waals surface area contributed by atoms with Crippen molar-refractivity contribution in [2.45, 2.75) is 47.0 Å². The molecule has 2 aromatic carbocycles. The van der Waals surface area contributed by atoms with Crippen LogP contribution in [0.1, 0.15) is 42.5 Å². The van der Waals surface area contributed by atoms with Gasteiger partial charge in [0.15, 0.2) is 0 Å². The van der Waals surface area contributed by atoms with Crippen LogP contribution >= 0.6 is 0 Å². The summed E-state index contributed by atoms with van der Waals surface area (Å²) in [5.74, 6) is -0.236. The Morgan fingerprint density at radius 3 is 2.33 bits per heavy atom. The third-order valence-electron chi connectivity index (χ3n) is 5.39. The Morgan fingerprint density at radius 1 is 1.07 bits per heavy atom. The molecule has 1 amide bonds. The number of anilines is 1. The molecule has 3 rings (SSSR count). The number of ether oxygens (including phenoxy) is 1. The minimum absolute atomic E-state index is 0.00682. The lowest BCUT2D eigenvalue weighted by Crippen LogP contribution is -2.29. The minimum Gasteiger partial charge on any atom is -0.426 e. The van der Waals surface area contributed by atoms with Gasteiger partial charge < -0.3 is 9.64 Å². The van der Waals surface area contributed by atoms with Crippen LogP contribution in [0.5, 0.6) is 5.75 Å². The van der Waals surface area contributed by atoms with E-state index in [4.69, 9.17) is 4.74 Å². The number of para-hydroxylation sites is 1. The van der Waals surface area contributed by atoms with Crippen molar-refractivity contribution in [3.63, 3.8) is 0 Å². The molecular formula is C23H27NO3. The first-order chi connectivity index (χ1) is 12.9. The molecule has 0 radical (unpaired) electrons. The zero-order chi connectivity index (χ0) is 19.6. The third kappa shape index (κ3) is 3.90. The second-order valence-electron chi connectivity index (χ2n) is 7.20. The fourth-order valence-corrected chi connectivity index (χ4v) is 3.62. The van der Waals surface area contributed by atoms with E-state index in [1.54, 1.807) is 11.0 Å². The predicted octanol–water partition coefficient (Wildman–Crippen LogP) is 4.39. The molecule has 1 atom stereocenters. The van der Waals surface area contributed by atoms with E-state index in [0.717, 1.165) is 40.8 Å². The van der Waals surface area contributed by atoms with Crippen LogP contribution in [0.2, 0.25) is 0 Å². The van der Waals surface area contributed by atoms with Gasteiger partial charge in [0, 0.05) is 18.7 Å². The summed E-state index contributed by atoms with van der Waals surface area (Å²) >= 11 is 0. The van der Waals surface area contributed by atoms with E-state index in [9.17, 15) is 9.59 Å². The Labute approximate surface area is 161 Å². The summed E-state index contributed by atoms with van der Waals surface area (Å²) < 4.78 is 5.56. The van der Waals surface area contributed by atoms with E-state index in [-0.39, 0.29) is 18.3 Å². The first-order valence-electron chi connectivity index (χ1n) is 9.64. The first-order valence-corrected chi connectivity index (χ1v) is 9.64. The summed E-state index contributed by atoms with van der Waals surface area (Å²) in [7, 11) is 0. The lowest BCUT2D eigenvalue weighted by atomic mass is 10.0. The normalized spacial score (nSPS) is 16.7. The highest BCUT2D eigenvalue weighted by atomic mass is 16.5. The highest BCUT2D eigenvalue weighted by Crippen LogP contribution is 2.33. The summed E-state index contributed by atoms with van der Waals surface area (Å²) in [5.41, 5.74) is 5.50. The average molecular weight is 365 g/mol. The van der Waals surface area contributed by atoms with Crippen LogP contribution in [0.25, 0.3) is 0 Å². The molecule has 0 unspecified atom stereocenters. The third-order valence-corrected chi connectivity index (χ3v) is 5.39. The van der Waals surface area contributed by atoms with Crippen molar-refractivity contribution in [3.05, 3.63) is 58.7 Å². The number of esters is 1. The largest absolute Gasteiger partial charge is 0.426 e. The number of carbonyl (C=O) groups excluding carboxylic acids is 2. The van der Waals surface area contributed by atoms with Gasteiger partial charge in [-0.2, -0.15) is 0 Å². The molecule has 4 nitrogen and oxygen atoms in total. The summed E-state index contributed by atoms with van der Waals surface area (Å²) in [6.07, 6.45) is 1.90. The lowest BCUT2D eigenvalue weighted by molar-refractivity contribution is -0.139. The van der Waals surface area contributed by atoms with Crippen molar-refractivity contribution in [1.29, 1.82) is 0 Å². The van der Waals surface area contributed by atoms with Gasteiger partial charge in [0.2, 0.25) is 5.91 Å². The molecule has 0 aromatic heterocycles. The molecule has 1 fully saturated rings. The molecule has 0 bridgehead atoms. The number of hydrogen-bond acceptors (Lipinski definition) is 3. The van der Waals surface area contributed by atoms with Gasteiger partial charge in [0.25, 0.3) is 0 Å². The Balaban J connectivity index is 1.79. The lowest BCUT2D eigenvalue weighted by Gasteiger charge is -2.23. The van der Waals surface area contributed by atoms with Crippen molar-refractivity contribution in [2.75, 3.05) is 11.4 Å². The molecule has 4 heteroatoms. The highest BCUT2D eigenvalue weighted by Gasteiger charge is 2.37. The molecule has 0 aliphatic carbocycles. The Hall–Kier alpha value is -2.62. The number of hydrogen-bond donors (Lipinski definition) is 0. The average Bonchev–Trinajstić information content (AvgIpc) is 3.05. The standard InChI is InChI=1S/C23H27NO3/c1-5-17-8-7-9-18(6-2)22(17)24-14-19(13-21(24)25)23(26)27-20-11-10-15(3)16(4)12-20/h7-12,19H,5-6,13-14H2,1-4H3/t19-/m0/s1. The van der Waals surface area contributed by atoms with E-state index in [1.807, 2.05) is 32.0 Å². The number of carbonyl (C=O) groups is 2. The second kappa shape index (κ2) is 7.95. The maximum absolute atomic E-state index is 12.7. The van der Waals surface area contributed by atoms with Gasteiger partial charge in [0.1, 0.15) is 5.75 Å². The molecule has 1 saturated heterocycles. The van der Waals surface area contributed by atoms with E-state index in [0.29, 0.717) is 12.3 Å². The number of aryl methyl sites for hydroxylation is 4. The van der Waals surface area contributed by atoms with Crippen molar-refractivity contribution in [1.82, 2.24) is 0 Å². The molecule has 1 aliphatic heterocycles. The number of nitrogens with zero attached hydrogens (tertiary/aromatic N) is 1. The van der Waals surface area contributed by atoms with E-state index in [2.05, 4.69) is 26.0 Å². The molecule has 27 heavy (non-hydrogen) atoms. The van der Waals surface area contributed by atoms with E-state index >= 15 is 0 Å². The summed E-state index contributed by atoms with van der Waals surface area (Å²) in [4.78, 5) is 27.1. The van der Waals surface area contributed by atoms with Gasteiger partial charge in [-0.05, 0) is 61.1 Å². The SMILES string of the molecule is CCc1cccc(CC)c1N1C[C@@H](C(=O)Oc2ccc(C)c(C)c2)CC1=O. The molecule has 0 spiro atoms. The maximum Gasteiger partial charge on any atom is 0.316 e. The molecule has 1 aliphatic rings. The molecule has 0 saturated carbocycles. The Bertz CT molecular complexity index is 850. The summed E-state index contributed by atoms with van der Waals surface area (Å²) in [6, 6.07) is 11.8. The monoisotopic (exact) mass is 365 g/mol. The van der Waals surface area contributed by atoms with Crippen molar-refractivity contribution < 1.29 is 14.3 Å². The predicted molar refractivity (Wildman–Crippen MR) is 107 cm³/mol. The van der Waals surface area contributed by atoms with Crippen LogP contribution in [0, 0.1) is 19.8 Å². The van der Waals surface area contributed by atoms with Crippen LogP contribution in [0.15, 0.2) is 36.4 Å². The zero-order valence-corrected chi connectivity index (χ0v) is 16.5. The van der Waals surface area contributed by atoms with Crippen LogP contribution < -0.4 is 9.64 Å². The molecular weight excluding hydrogens is 338 g/mol. The van der Waals surface area contributed by atoms with Gasteiger partial charge >= 0.3 is 5.97 Å². The fourth-order valence-electron chi connectivity index (χ4n) is 3.62. The molecule has 1 heterocycles. The van der Waals surface area contributed by atoms with Gasteiger partial charge in [-0.15, -0.1) is 0 Å². The highest BCUT2D eigenvalue weighted by molar-refractivity contribution is 6.00. The van der Waals surface area contributed by atoms with E-state index < -0.39 is 5.92 Å². The molecule has 142 valence electrons. The minimum atomic E-state index is -0.436. The summed E-state index contributed by atoms with van der Waals surface area (Å²) in [6.45, 7) is 8.56. The van der Waals surface area contributed by atoms with Crippen LogP contribution in [-0.4, -0.2) is 18.4 Å². The molecule has 2 aromatic rings. The van der Waals surface area contributed by atoms with Crippen LogP contribution in [0.4, 0.5) is 5.69 Å². The topological polar surface area (TPSA) is 46.6 Å². The number of amides is 1.